The van der Waals surface area contributed by atoms with Gasteiger partial charge in [-0.1, -0.05) is 11.6 Å². The minimum Gasteiger partial charge on any atom is -0.383 e. The molecule has 2 aromatic heterocycles. The lowest BCUT2D eigenvalue weighted by Crippen LogP contribution is -2.03. The van der Waals surface area contributed by atoms with Gasteiger partial charge in [0.2, 0.25) is 0 Å². The topological polar surface area (TPSA) is 38.1 Å². The molecule has 0 radical (unpaired) electrons. The van der Waals surface area contributed by atoms with Gasteiger partial charge in [-0.15, -0.1) is 0 Å². The Morgan fingerprint density at radius 3 is 2.89 bits per heavy atom. The first-order chi connectivity index (χ1) is 9.04. The fourth-order valence-corrected chi connectivity index (χ4v) is 2.23. The zero-order valence-electron chi connectivity index (χ0n) is 11.2. The third-order valence-corrected chi connectivity index (χ3v) is 3.15. The Balaban J connectivity index is 2.56. The van der Waals surface area contributed by atoms with Gasteiger partial charge in [0.1, 0.15) is 0 Å². The summed E-state index contributed by atoms with van der Waals surface area (Å²) in [7, 11) is 3.75. The third-order valence-electron chi connectivity index (χ3n) is 2.87. The second-order valence-electron chi connectivity index (χ2n) is 4.47. The molecule has 0 aromatic carbocycles. The summed E-state index contributed by atoms with van der Waals surface area (Å²) in [6, 6.07) is 1.82. The molecular weight excluding hydrogens is 262 g/mol. The molecule has 0 aliphatic carbocycles. The van der Waals surface area contributed by atoms with Crippen molar-refractivity contribution in [2.45, 2.75) is 13.5 Å². The lowest BCUT2D eigenvalue weighted by molar-refractivity contribution is 0.104. The molecule has 0 aliphatic rings. The average molecular weight is 278 g/mol. The Labute approximate surface area is 117 Å². The van der Waals surface area contributed by atoms with Gasteiger partial charge in [-0.05, 0) is 13.0 Å². The van der Waals surface area contributed by atoms with E-state index < -0.39 is 0 Å². The summed E-state index contributed by atoms with van der Waals surface area (Å²) in [5.74, 6) is -0.0341. The lowest BCUT2D eigenvalue weighted by atomic mass is 10.1. The van der Waals surface area contributed by atoms with Crippen molar-refractivity contribution in [1.29, 1.82) is 0 Å². The largest absolute Gasteiger partial charge is 0.383 e. The molecule has 4 nitrogen and oxygen atoms in total. The molecule has 0 unspecified atom stereocenters. The van der Waals surface area contributed by atoms with Gasteiger partial charge in [0.25, 0.3) is 0 Å². The van der Waals surface area contributed by atoms with Crippen LogP contribution in [0.4, 0.5) is 0 Å². The molecular formula is C14H16ClN3O. The molecule has 0 saturated carbocycles. The number of ketones is 1. The van der Waals surface area contributed by atoms with Crippen LogP contribution in [0.3, 0.4) is 0 Å². The molecule has 19 heavy (non-hydrogen) atoms. The van der Waals surface area contributed by atoms with Crippen LogP contribution in [0.5, 0.6) is 0 Å². The van der Waals surface area contributed by atoms with Gasteiger partial charge in [-0.2, -0.15) is 0 Å². The van der Waals surface area contributed by atoms with Crippen LogP contribution in [0.15, 0.2) is 30.7 Å². The second-order valence-corrected chi connectivity index (χ2v) is 4.83. The van der Waals surface area contributed by atoms with Crippen molar-refractivity contribution in [1.82, 2.24) is 14.5 Å². The van der Waals surface area contributed by atoms with E-state index in [9.17, 15) is 4.79 Å². The Hall–Kier alpha value is -1.81. The second kappa shape index (κ2) is 5.45. The number of carbonyl (C=O) groups is 1. The molecule has 0 amide bonds. The van der Waals surface area contributed by atoms with E-state index in [2.05, 4.69) is 4.98 Å². The fraction of sp³-hybridized carbons (Fsp3) is 0.286. The van der Waals surface area contributed by atoms with Crippen LogP contribution in [-0.2, 0) is 6.54 Å². The first kappa shape index (κ1) is 13.6. The van der Waals surface area contributed by atoms with Crippen LogP contribution >= 0.6 is 11.6 Å². The first-order valence-corrected chi connectivity index (χ1v) is 6.44. The number of rotatable bonds is 4. The van der Waals surface area contributed by atoms with Gasteiger partial charge < -0.3 is 9.47 Å². The summed E-state index contributed by atoms with van der Waals surface area (Å²) in [6.07, 6.45) is 6.75. The predicted molar refractivity (Wildman–Crippen MR) is 77.6 cm³/mol. The van der Waals surface area contributed by atoms with E-state index in [0.717, 1.165) is 17.4 Å². The van der Waals surface area contributed by atoms with Crippen molar-refractivity contribution in [3.05, 3.63) is 41.5 Å². The fourth-order valence-electron chi connectivity index (χ4n) is 1.96. The quantitative estimate of drug-likeness (QED) is 0.490. The summed E-state index contributed by atoms with van der Waals surface area (Å²) in [5.41, 5.74) is 1.47. The smallest absolute Gasteiger partial charge is 0.189 e. The SMILES string of the molecule is CCn1cc(C(=O)/C=C/N(C)C)c2ccnc(Cl)c21. The number of hydrogen-bond acceptors (Lipinski definition) is 3. The van der Waals surface area contributed by atoms with Crippen LogP contribution in [0.25, 0.3) is 10.9 Å². The standard InChI is InChI=1S/C14H16ClN3O/c1-4-18-9-11(12(19)6-8-17(2)3)10-5-7-16-14(15)13(10)18/h5-9H,4H2,1-3H3/b8-6+. The number of carbonyl (C=O) groups excluding carboxylic acids is 1. The molecule has 2 rings (SSSR count). The van der Waals surface area contributed by atoms with Crippen LogP contribution in [0.1, 0.15) is 17.3 Å². The first-order valence-electron chi connectivity index (χ1n) is 6.07. The highest BCUT2D eigenvalue weighted by Gasteiger charge is 2.15. The summed E-state index contributed by atoms with van der Waals surface area (Å²) < 4.78 is 1.95. The van der Waals surface area contributed by atoms with Crippen molar-refractivity contribution in [3.63, 3.8) is 0 Å². The van der Waals surface area contributed by atoms with E-state index in [1.165, 1.54) is 0 Å². The molecule has 0 N–H and O–H groups in total. The van der Waals surface area contributed by atoms with Crippen molar-refractivity contribution >= 4 is 28.3 Å². The number of allylic oxidation sites excluding steroid dienone is 1. The third kappa shape index (κ3) is 2.63. The molecule has 0 aliphatic heterocycles. The minimum absolute atomic E-state index is 0.0341. The maximum absolute atomic E-state index is 12.2. The van der Waals surface area contributed by atoms with E-state index in [1.54, 1.807) is 18.5 Å². The number of aryl methyl sites for hydroxylation is 1. The maximum Gasteiger partial charge on any atom is 0.189 e. The number of nitrogens with zero attached hydrogens (tertiary/aromatic N) is 3. The summed E-state index contributed by atoms with van der Waals surface area (Å²) in [4.78, 5) is 18.1. The van der Waals surface area contributed by atoms with Gasteiger partial charge in [0, 0.05) is 56.3 Å². The monoisotopic (exact) mass is 277 g/mol. The minimum atomic E-state index is -0.0341. The Kier molecular flexibility index (Phi) is 3.90. The molecule has 100 valence electrons. The van der Waals surface area contributed by atoms with Gasteiger partial charge in [0.15, 0.2) is 10.9 Å². The van der Waals surface area contributed by atoms with Gasteiger partial charge >= 0.3 is 0 Å². The Morgan fingerprint density at radius 1 is 1.53 bits per heavy atom. The predicted octanol–water partition coefficient (Wildman–Crippen LogP) is 2.97. The van der Waals surface area contributed by atoms with E-state index >= 15 is 0 Å². The number of aromatic nitrogens is 2. The van der Waals surface area contributed by atoms with Gasteiger partial charge in [-0.3, -0.25) is 4.79 Å². The van der Waals surface area contributed by atoms with Crippen LogP contribution in [-0.4, -0.2) is 34.3 Å². The highest BCUT2D eigenvalue weighted by molar-refractivity contribution is 6.34. The Morgan fingerprint density at radius 2 is 2.26 bits per heavy atom. The zero-order valence-corrected chi connectivity index (χ0v) is 12.0. The number of fused-ring (bicyclic) bond motifs is 1. The van der Waals surface area contributed by atoms with E-state index in [0.29, 0.717) is 10.7 Å². The van der Waals surface area contributed by atoms with Crippen LogP contribution in [0.2, 0.25) is 5.15 Å². The van der Waals surface area contributed by atoms with E-state index in [4.69, 9.17) is 11.6 Å². The summed E-state index contributed by atoms with van der Waals surface area (Å²) in [6.45, 7) is 2.75. The molecule has 2 heterocycles. The lowest BCUT2D eigenvalue weighted by Gasteiger charge is -2.02. The molecule has 0 fully saturated rings. The van der Waals surface area contributed by atoms with E-state index in [-0.39, 0.29) is 5.78 Å². The Bertz CT molecular complexity index is 643. The number of halogens is 1. The number of hydrogen-bond donors (Lipinski definition) is 0. The highest BCUT2D eigenvalue weighted by atomic mass is 35.5. The zero-order chi connectivity index (χ0) is 14.0. The van der Waals surface area contributed by atoms with Gasteiger partial charge in [0.05, 0.1) is 5.52 Å². The summed E-state index contributed by atoms with van der Waals surface area (Å²) in [5, 5.41) is 1.27. The molecule has 0 saturated heterocycles. The molecule has 0 bridgehead atoms. The summed E-state index contributed by atoms with van der Waals surface area (Å²) >= 11 is 6.12. The van der Waals surface area contributed by atoms with Crippen molar-refractivity contribution in [3.8, 4) is 0 Å². The number of pyridine rings is 1. The average Bonchev–Trinajstić information content (AvgIpc) is 2.76. The van der Waals surface area contributed by atoms with Crippen molar-refractivity contribution in [2.75, 3.05) is 14.1 Å². The molecule has 0 atom stereocenters. The normalized spacial score (nSPS) is 11.4. The van der Waals surface area contributed by atoms with Crippen LogP contribution in [0, 0.1) is 0 Å². The molecule has 2 aromatic rings. The van der Waals surface area contributed by atoms with Crippen LogP contribution < -0.4 is 0 Å². The van der Waals surface area contributed by atoms with Crippen molar-refractivity contribution in [2.24, 2.45) is 0 Å². The molecule has 5 heteroatoms. The van der Waals surface area contributed by atoms with Crippen molar-refractivity contribution < 1.29 is 4.79 Å². The molecule has 0 spiro atoms. The van der Waals surface area contributed by atoms with Gasteiger partial charge in [-0.25, -0.2) is 4.98 Å². The highest BCUT2D eigenvalue weighted by Crippen LogP contribution is 2.26. The maximum atomic E-state index is 12.2. The van der Waals surface area contributed by atoms with E-state index in [1.807, 2.05) is 42.7 Å².